The quantitative estimate of drug-likeness (QED) is 0.225. The zero-order chi connectivity index (χ0) is 16.2. The van der Waals surface area contributed by atoms with Gasteiger partial charge in [-0.25, -0.2) is 8.78 Å². The van der Waals surface area contributed by atoms with Crippen molar-refractivity contribution in [2.75, 3.05) is 0 Å². The van der Waals surface area contributed by atoms with Crippen molar-refractivity contribution in [1.29, 1.82) is 0 Å². The zero-order valence-electron chi connectivity index (χ0n) is 10.7. The van der Waals surface area contributed by atoms with Crippen molar-refractivity contribution in [2.45, 2.75) is 13.6 Å². The van der Waals surface area contributed by atoms with E-state index in [9.17, 15) is 8.78 Å². The van der Waals surface area contributed by atoms with E-state index >= 15 is 0 Å². The number of halogens is 7. The summed E-state index contributed by atoms with van der Waals surface area (Å²) in [6.45, 7) is 1.46. The fourth-order valence-corrected chi connectivity index (χ4v) is 4.01. The molecule has 0 aliphatic carbocycles. The molecule has 0 unspecified atom stereocenters. The van der Waals surface area contributed by atoms with Crippen LogP contribution < -0.4 is 0 Å². The van der Waals surface area contributed by atoms with E-state index in [0.29, 0.717) is 10.0 Å². The van der Waals surface area contributed by atoms with Crippen molar-refractivity contribution < 1.29 is 8.78 Å². The van der Waals surface area contributed by atoms with Crippen LogP contribution >= 0.6 is 79.6 Å². The van der Waals surface area contributed by atoms with Crippen LogP contribution in [0.2, 0.25) is 0 Å². The van der Waals surface area contributed by atoms with E-state index in [1.807, 2.05) is 25.1 Å². The second-order valence-corrected chi connectivity index (χ2v) is 8.08. The van der Waals surface area contributed by atoms with Crippen molar-refractivity contribution >= 4 is 79.6 Å². The lowest BCUT2D eigenvalue weighted by Gasteiger charge is -2.04. The standard InChI is InChI=1S/C7H4Br3F.C7H5Br2F/c1-3-4(8)2-5(11)7(10)6(3)9;8-6-2-1-3-7(9)5(6)4-10/h2H,1H3;1-3H,4H2. The van der Waals surface area contributed by atoms with Gasteiger partial charge in [0, 0.05) is 23.5 Å². The van der Waals surface area contributed by atoms with Crippen molar-refractivity contribution in [3.8, 4) is 0 Å². The topological polar surface area (TPSA) is 0 Å². The molecule has 0 amide bonds. The third-order valence-electron chi connectivity index (χ3n) is 2.54. The fraction of sp³-hybridized carbons (Fsp3) is 0.143. The molecule has 0 saturated heterocycles. The number of hydrogen-bond acceptors (Lipinski definition) is 0. The second kappa shape index (κ2) is 9.11. The third-order valence-corrected chi connectivity index (χ3v) is 7.15. The van der Waals surface area contributed by atoms with Crippen LogP contribution in [0.25, 0.3) is 0 Å². The summed E-state index contributed by atoms with van der Waals surface area (Å²) in [5, 5.41) is 0. The molecule has 21 heavy (non-hydrogen) atoms. The lowest BCUT2D eigenvalue weighted by atomic mass is 10.2. The van der Waals surface area contributed by atoms with Crippen molar-refractivity contribution in [1.82, 2.24) is 0 Å². The maximum atomic E-state index is 12.9. The molecular weight excluding hydrogens is 606 g/mol. The molecule has 0 bridgehead atoms. The highest BCUT2D eigenvalue weighted by atomic mass is 79.9. The summed E-state index contributed by atoms with van der Waals surface area (Å²) in [6.07, 6.45) is 0. The molecule has 0 aromatic heterocycles. The Hall–Kier alpha value is 0.700. The van der Waals surface area contributed by atoms with Gasteiger partial charge in [0.25, 0.3) is 0 Å². The van der Waals surface area contributed by atoms with Crippen LogP contribution in [0, 0.1) is 12.7 Å². The lowest BCUT2D eigenvalue weighted by Crippen LogP contribution is -1.85. The molecule has 0 saturated carbocycles. The first-order valence-electron chi connectivity index (χ1n) is 5.58. The molecular formula is C14H9Br5F2. The Morgan fingerprint density at radius 3 is 1.86 bits per heavy atom. The van der Waals surface area contributed by atoms with Gasteiger partial charge in [-0.05, 0) is 62.5 Å². The van der Waals surface area contributed by atoms with E-state index in [1.54, 1.807) is 0 Å². The van der Waals surface area contributed by atoms with Gasteiger partial charge in [0.2, 0.25) is 0 Å². The smallest absolute Gasteiger partial charge is 0.139 e. The number of hydrogen-bond donors (Lipinski definition) is 0. The summed E-state index contributed by atoms with van der Waals surface area (Å²) in [6, 6.07) is 6.93. The van der Waals surface area contributed by atoms with Gasteiger partial charge in [0.15, 0.2) is 0 Å². The van der Waals surface area contributed by atoms with Crippen LogP contribution in [-0.2, 0) is 6.67 Å². The molecule has 0 N–H and O–H groups in total. The molecule has 2 aromatic carbocycles. The predicted molar refractivity (Wildman–Crippen MR) is 101 cm³/mol. The number of rotatable bonds is 1. The average molecular weight is 615 g/mol. The summed E-state index contributed by atoms with van der Waals surface area (Å²) >= 11 is 16.1. The normalized spacial score (nSPS) is 10.1. The second-order valence-electron chi connectivity index (χ2n) is 3.93. The first-order valence-corrected chi connectivity index (χ1v) is 9.54. The fourth-order valence-electron chi connectivity index (χ4n) is 1.32. The van der Waals surface area contributed by atoms with Gasteiger partial charge in [0.1, 0.15) is 12.5 Å². The van der Waals surface area contributed by atoms with E-state index in [0.717, 1.165) is 23.5 Å². The molecule has 0 atom stereocenters. The van der Waals surface area contributed by atoms with E-state index in [4.69, 9.17) is 0 Å². The van der Waals surface area contributed by atoms with Gasteiger partial charge in [-0.3, -0.25) is 0 Å². The maximum absolute atomic E-state index is 12.9. The third kappa shape index (κ3) is 5.37. The molecule has 0 heterocycles. The zero-order valence-corrected chi connectivity index (χ0v) is 18.6. The van der Waals surface area contributed by atoms with Gasteiger partial charge < -0.3 is 0 Å². The Morgan fingerprint density at radius 1 is 0.905 bits per heavy atom. The van der Waals surface area contributed by atoms with Crippen molar-refractivity contribution in [2.24, 2.45) is 0 Å². The lowest BCUT2D eigenvalue weighted by molar-refractivity contribution is 0.482. The molecule has 0 aliphatic heterocycles. The molecule has 2 aromatic rings. The van der Waals surface area contributed by atoms with Crippen molar-refractivity contribution in [3.63, 3.8) is 0 Å². The molecule has 7 heteroatoms. The first kappa shape index (κ1) is 19.7. The molecule has 0 nitrogen and oxygen atoms in total. The molecule has 114 valence electrons. The first-order chi connectivity index (χ1) is 9.79. The maximum Gasteiger partial charge on any atom is 0.139 e. The minimum atomic E-state index is -0.442. The van der Waals surface area contributed by atoms with Crippen LogP contribution in [0.1, 0.15) is 11.1 Å². The Morgan fingerprint density at radius 2 is 1.43 bits per heavy atom. The minimum absolute atomic E-state index is 0.269. The Labute approximate surface area is 164 Å². The highest BCUT2D eigenvalue weighted by Gasteiger charge is 2.09. The van der Waals surface area contributed by atoms with Gasteiger partial charge in [-0.1, -0.05) is 53.9 Å². The van der Waals surface area contributed by atoms with E-state index in [1.165, 1.54) is 6.07 Å². The van der Waals surface area contributed by atoms with Crippen LogP contribution in [-0.4, -0.2) is 0 Å². The number of benzene rings is 2. The van der Waals surface area contributed by atoms with E-state index in [2.05, 4.69) is 79.6 Å². The van der Waals surface area contributed by atoms with Crippen LogP contribution in [0.3, 0.4) is 0 Å². The minimum Gasteiger partial charge on any atom is -0.246 e. The molecule has 2 rings (SSSR count). The van der Waals surface area contributed by atoms with Crippen LogP contribution in [0.4, 0.5) is 8.78 Å². The van der Waals surface area contributed by atoms with Gasteiger partial charge in [0.05, 0.1) is 4.47 Å². The van der Waals surface area contributed by atoms with E-state index in [-0.39, 0.29) is 5.82 Å². The van der Waals surface area contributed by atoms with Gasteiger partial charge in [-0.2, -0.15) is 0 Å². The average Bonchev–Trinajstić information content (AvgIpc) is 2.44. The summed E-state index contributed by atoms with van der Waals surface area (Å²) in [5.41, 5.74) is 1.65. The van der Waals surface area contributed by atoms with E-state index < -0.39 is 6.67 Å². The molecule has 0 aliphatic rings. The molecule has 0 radical (unpaired) electrons. The SMILES string of the molecule is Cc1c(Br)cc(F)c(Br)c1Br.FCc1c(Br)cccc1Br. The van der Waals surface area contributed by atoms with Gasteiger partial charge in [-0.15, -0.1) is 0 Å². The van der Waals surface area contributed by atoms with Crippen molar-refractivity contribution in [3.05, 3.63) is 63.6 Å². The monoisotopic (exact) mass is 610 g/mol. The molecule has 0 spiro atoms. The predicted octanol–water partition coefficient (Wildman–Crippen LogP) is 8.10. The largest absolute Gasteiger partial charge is 0.246 e. The Balaban J connectivity index is 0.000000211. The Kier molecular flexibility index (Phi) is 8.56. The van der Waals surface area contributed by atoms with Gasteiger partial charge >= 0.3 is 0 Å². The highest BCUT2D eigenvalue weighted by Crippen LogP contribution is 2.33. The Bertz CT molecular complexity index is 597. The number of alkyl halides is 1. The van der Waals surface area contributed by atoms with Crippen LogP contribution in [0.15, 0.2) is 46.6 Å². The summed E-state index contributed by atoms with van der Waals surface area (Å²) in [7, 11) is 0. The highest BCUT2D eigenvalue weighted by molar-refractivity contribution is 9.13. The van der Waals surface area contributed by atoms with Crippen LogP contribution in [0.5, 0.6) is 0 Å². The summed E-state index contributed by atoms with van der Waals surface area (Å²) in [4.78, 5) is 0. The summed E-state index contributed by atoms with van der Waals surface area (Å²) in [5.74, 6) is -0.269. The summed E-state index contributed by atoms with van der Waals surface area (Å²) < 4.78 is 28.7. The molecule has 0 fully saturated rings.